The van der Waals surface area contributed by atoms with Gasteiger partial charge in [0.05, 0.1) is 0 Å². The van der Waals surface area contributed by atoms with E-state index in [4.69, 9.17) is 11.6 Å². The van der Waals surface area contributed by atoms with Crippen molar-refractivity contribution in [2.45, 2.75) is 6.92 Å². The SMILES string of the molecule is Cc1nc2c([nH]1)C(=O)C(Cl)=C(Nc1cccc(F)c1)C2=O. The Labute approximate surface area is 123 Å². The number of aromatic amines is 1. The van der Waals surface area contributed by atoms with E-state index in [1.165, 1.54) is 18.2 Å². The van der Waals surface area contributed by atoms with E-state index in [-0.39, 0.29) is 22.1 Å². The predicted octanol–water partition coefficient (Wildman–Crippen LogP) is 2.80. The molecule has 2 N–H and O–H groups in total. The molecule has 7 heteroatoms. The van der Waals surface area contributed by atoms with Crippen molar-refractivity contribution in [2.75, 3.05) is 5.32 Å². The number of imidazole rings is 1. The van der Waals surface area contributed by atoms with Crippen molar-refractivity contribution < 1.29 is 14.0 Å². The number of aromatic nitrogens is 2. The maximum atomic E-state index is 13.2. The van der Waals surface area contributed by atoms with Crippen LogP contribution < -0.4 is 5.32 Å². The number of nitrogens with one attached hydrogen (secondary N) is 2. The number of carbonyl (C=O) groups is 2. The molecule has 0 saturated carbocycles. The van der Waals surface area contributed by atoms with Gasteiger partial charge in [-0.1, -0.05) is 17.7 Å². The van der Waals surface area contributed by atoms with Crippen LogP contribution in [0.5, 0.6) is 0 Å². The van der Waals surface area contributed by atoms with E-state index in [1.807, 2.05) is 0 Å². The second-order valence-corrected chi connectivity index (χ2v) is 4.91. The molecule has 0 aliphatic heterocycles. The van der Waals surface area contributed by atoms with Crippen molar-refractivity contribution in [2.24, 2.45) is 0 Å². The van der Waals surface area contributed by atoms with Crippen LogP contribution in [0.1, 0.15) is 26.8 Å². The van der Waals surface area contributed by atoms with Crippen LogP contribution in [0.2, 0.25) is 0 Å². The lowest BCUT2D eigenvalue weighted by atomic mass is 10.0. The highest BCUT2D eigenvalue weighted by Crippen LogP contribution is 2.28. The number of benzene rings is 1. The molecule has 3 rings (SSSR count). The fourth-order valence-electron chi connectivity index (χ4n) is 2.08. The van der Waals surface area contributed by atoms with Crippen LogP contribution in [-0.2, 0) is 0 Å². The standard InChI is InChI=1S/C14H9ClFN3O2/c1-6-17-11-12(18-6)14(21)10(9(15)13(11)20)19-8-4-2-3-7(16)5-8/h2-5,19H,1H3,(H,17,18). The van der Waals surface area contributed by atoms with Crippen molar-refractivity contribution in [3.63, 3.8) is 0 Å². The molecule has 0 saturated heterocycles. The van der Waals surface area contributed by atoms with Crippen LogP contribution in [-0.4, -0.2) is 21.5 Å². The Morgan fingerprint density at radius 1 is 1.29 bits per heavy atom. The summed E-state index contributed by atoms with van der Waals surface area (Å²) in [5, 5.41) is 2.44. The van der Waals surface area contributed by atoms with Crippen LogP contribution in [0.25, 0.3) is 0 Å². The number of aryl methyl sites for hydroxylation is 1. The minimum absolute atomic E-state index is 0.0146. The largest absolute Gasteiger partial charge is 0.351 e. The van der Waals surface area contributed by atoms with Gasteiger partial charge in [0.1, 0.15) is 33.8 Å². The first-order valence-electron chi connectivity index (χ1n) is 6.05. The number of rotatable bonds is 2. The topological polar surface area (TPSA) is 74.8 Å². The molecule has 0 fully saturated rings. The summed E-state index contributed by atoms with van der Waals surface area (Å²) in [6.45, 7) is 1.63. The Hall–Kier alpha value is -2.47. The number of Topliss-reactive ketones (excluding diaryl/α,β-unsaturated/α-hetero) is 2. The van der Waals surface area contributed by atoms with Gasteiger partial charge >= 0.3 is 0 Å². The summed E-state index contributed by atoms with van der Waals surface area (Å²) in [4.78, 5) is 31.2. The fraction of sp³-hybridized carbons (Fsp3) is 0.0714. The molecule has 1 aliphatic carbocycles. The molecular weight excluding hydrogens is 297 g/mol. The average Bonchev–Trinajstić information content (AvgIpc) is 2.84. The first-order valence-corrected chi connectivity index (χ1v) is 6.43. The second-order valence-electron chi connectivity index (χ2n) is 4.53. The van der Waals surface area contributed by atoms with Crippen molar-refractivity contribution in [1.29, 1.82) is 0 Å². The zero-order valence-corrected chi connectivity index (χ0v) is 11.6. The van der Waals surface area contributed by atoms with Gasteiger partial charge in [0.2, 0.25) is 11.6 Å². The molecule has 1 aromatic heterocycles. The van der Waals surface area contributed by atoms with Crippen LogP contribution in [0.3, 0.4) is 0 Å². The van der Waals surface area contributed by atoms with Crippen molar-refractivity contribution in [3.05, 3.63) is 58.0 Å². The Balaban J connectivity index is 2.04. The second kappa shape index (κ2) is 4.82. The molecule has 0 bridgehead atoms. The van der Waals surface area contributed by atoms with E-state index in [2.05, 4.69) is 15.3 Å². The molecule has 2 aromatic rings. The van der Waals surface area contributed by atoms with Gasteiger partial charge < -0.3 is 10.3 Å². The average molecular weight is 306 g/mol. The third-order valence-corrected chi connectivity index (χ3v) is 3.36. The minimum atomic E-state index is -0.522. The van der Waals surface area contributed by atoms with Gasteiger partial charge in [-0.3, -0.25) is 9.59 Å². The van der Waals surface area contributed by atoms with E-state index in [1.54, 1.807) is 13.0 Å². The van der Waals surface area contributed by atoms with E-state index < -0.39 is 17.4 Å². The molecule has 0 spiro atoms. The summed E-state index contributed by atoms with van der Waals surface area (Å²) < 4.78 is 13.2. The number of allylic oxidation sites excluding steroid dienone is 2. The Kier molecular flexibility index (Phi) is 3.10. The zero-order valence-electron chi connectivity index (χ0n) is 10.8. The third-order valence-electron chi connectivity index (χ3n) is 3.00. The molecule has 1 aromatic carbocycles. The maximum Gasteiger partial charge on any atom is 0.231 e. The zero-order chi connectivity index (χ0) is 15.1. The van der Waals surface area contributed by atoms with Crippen molar-refractivity contribution in [1.82, 2.24) is 9.97 Å². The van der Waals surface area contributed by atoms with Gasteiger partial charge in [-0.2, -0.15) is 0 Å². The summed E-state index contributed by atoms with van der Waals surface area (Å²) in [7, 11) is 0. The molecule has 0 atom stereocenters. The third kappa shape index (κ3) is 2.23. The first kappa shape index (κ1) is 13.5. The van der Waals surface area contributed by atoms with E-state index >= 15 is 0 Å². The molecule has 0 unspecified atom stereocenters. The van der Waals surface area contributed by atoms with Gasteiger partial charge in [0.15, 0.2) is 0 Å². The Morgan fingerprint density at radius 3 is 2.76 bits per heavy atom. The lowest BCUT2D eigenvalue weighted by Gasteiger charge is -2.15. The summed E-state index contributed by atoms with van der Waals surface area (Å²) in [5.41, 5.74) is 0.305. The van der Waals surface area contributed by atoms with Gasteiger partial charge in [0, 0.05) is 5.69 Å². The van der Waals surface area contributed by atoms with Crippen LogP contribution in [0.4, 0.5) is 10.1 Å². The fourth-order valence-corrected chi connectivity index (χ4v) is 2.31. The van der Waals surface area contributed by atoms with Gasteiger partial charge in [-0.15, -0.1) is 0 Å². The molecular formula is C14H9ClFN3O2. The minimum Gasteiger partial charge on any atom is -0.351 e. The first-order chi connectivity index (χ1) is 9.97. The monoisotopic (exact) mass is 305 g/mol. The number of anilines is 1. The number of hydrogen-bond acceptors (Lipinski definition) is 4. The van der Waals surface area contributed by atoms with E-state index in [9.17, 15) is 14.0 Å². The lowest BCUT2D eigenvalue weighted by Crippen LogP contribution is -2.24. The van der Waals surface area contributed by atoms with Gasteiger partial charge in [-0.05, 0) is 25.1 Å². The Morgan fingerprint density at radius 2 is 2.05 bits per heavy atom. The maximum absolute atomic E-state index is 13.2. The molecule has 21 heavy (non-hydrogen) atoms. The number of fused-ring (bicyclic) bond motifs is 1. The van der Waals surface area contributed by atoms with E-state index in [0.29, 0.717) is 11.5 Å². The highest BCUT2D eigenvalue weighted by atomic mass is 35.5. The smallest absolute Gasteiger partial charge is 0.231 e. The summed E-state index contributed by atoms with van der Waals surface area (Å²) >= 11 is 5.96. The number of hydrogen-bond donors (Lipinski definition) is 2. The highest BCUT2D eigenvalue weighted by molar-refractivity contribution is 6.49. The number of ketones is 2. The van der Waals surface area contributed by atoms with Crippen LogP contribution >= 0.6 is 11.6 Å². The normalized spacial score (nSPS) is 14.4. The number of H-pyrrole nitrogens is 1. The molecule has 5 nitrogen and oxygen atoms in total. The summed E-state index contributed by atoms with van der Waals surface area (Å²) in [6.07, 6.45) is 0. The van der Waals surface area contributed by atoms with Crippen molar-refractivity contribution >= 4 is 28.9 Å². The molecule has 1 aliphatic rings. The molecule has 0 amide bonds. The summed E-state index contributed by atoms with van der Waals surface area (Å²) in [6, 6.07) is 5.50. The van der Waals surface area contributed by atoms with Gasteiger partial charge in [-0.25, -0.2) is 9.37 Å². The van der Waals surface area contributed by atoms with Crippen LogP contribution in [0.15, 0.2) is 35.0 Å². The molecule has 106 valence electrons. The lowest BCUT2D eigenvalue weighted by molar-refractivity contribution is 0.0977. The molecule has 0 radical (unpaired) electrons. The van der Waals surface area contributed by atoms with E-state index in [0.717, 1.165) is 0 Å². The number of nitrogens with zero attached hydrogens (tertiary/aromatic N) is 1. The van der Waals surface area contributed by atoms with Gasteiger partial charge in [0.25, 0.3) is 0 Å². The number of carbonyl (C=O) groups excluding carboxylic acids is 2. The predicted molar refractivity (Wildman–Crippen MR) is 74.9 cm³/mol. The van der Waals surface area contributed by atoms with Crippen LogP contribution in [0, 0.1) is 12.7 Å². The Bertz CT molecular complexity index is 810. The molecule has 1 heterocycles. The number of halogens is 2. The summed E-state index contributed by atoms with van der Waals surface area (Å²) in [5.74, 6) is -1.06. The highest BCUT2D eigenvalue weighted by Gasteiger charge is 2.34. The van der Waals surface area contributed by atoms with Crippen molar-refractivity contribution in [3.8, 4) is 0 Å². The quantitative estimate of drug-likeness (QED) is 0.894.